The maximum Gasteiger partial charge on any atom is 0.237 e. The van der Waals surface area contributed by atoms with Gasteiger partial charge in [0.1, 0.15) is 17.4 Å². The van der Waals surface area contributed by atoms with Gasteiger partial charge in [-0.25, -0.2) is 4.98 Å². The lowest BCUT2D eigenvalue weighted by molar-refractivity contribution is 0.458. The smallest absolute Gasteiger partial charge is 0.237 e. The molecule has 16 heavy (non-hydrogen) atoms. The van der Waals surface area contributed by atoms with Crippen LogP contribution in [0.2, 0.25) is 0 Å². The fourth-order valence-electron chi connectivity index (χ4n) is 1.33. The minimum absolute atomic E-state index is 0.347. The summed E-state index contributed by atoms with van der Waals surface area (Å²) in [7, 11) is 0. The predicted octanol–water partition coefficient (Wildman–Crippen LogP) is 3.05. The van der Waals surface area contributed by atoms with Crippen LogP contribution in [0.15, 0.2) is 42.6 Å². The van der Waals surface area contributed by atoms with Crippen molar-refractivity contribution in [2.75, 3.05) is 0 Å². The molecule has 0 aliphatic carbocycles. The largest absolute Gasteiger partial charge is 0.437 e. The van der Waals surface area contributed by atoms with Crippen LogP contribution in [0.1, 0.15) is 11.1 Å². The number of pyridine rings is 1. The molecule has 0 N–H and O–H groups in total. The fourth-order valence-corrected chi connectivity index (χ4v) is 1.33. The quantitative estimate of drug-likeness (QED) is 0.765. The van der Waals surface area contributed by atoms with Crippen molar-refractivity contribution in [2.45, 2.75) is 6.92 Å². The van der Waals surface area contributed by atoms with Crippen LogP contribution in [0, 0.1) is 18.3 Å². The summed E-state index contributed by atoms with van der Waals surface area (Å²) in [6.07, 6.45) is 1.61. The van der Waals surface area contributed by atoms with Gasteiger partial charge in [0.2, 0.25) is 5.88 Å². The number of ether oxygens (including phenoxy) is 1. The molecule has 1 heterocycles. The average Bonchev–Trinajstić information content (AvgIpc) is 2.33. The molecule has 0 unspecified atom stereocenters. The van der Waals surface area contributed by atoms with Gasteiger partial charge in [-0.3, -0.25) is 0 Å². The maximum absolute atomic E-state index is 8.90. The maximum atomic E-state index is 8.90. The summed E-state index contributed by atoms with van der Waals surface area (Å²) < 4.78 is 5.60. The summed E-state index contributed by atoms with van der Waals surface area (Å²) in [5.41, 5.74) is 1.45. The molecule has 0 saturated carbocycles. The summed E-state index contributed by atoms with van der Waals surface area (Å²) >= 11 is 0. The Labute approximate surface area is 93.9 Å². The molecule has 1 aromatic heterocycles. The van der Waals surface area contributed by atoms with Crippen molar-refractivity contribution in [3.05, 3.63) is 53.7 Å². The van der Waals surface area contributed by atoms with Gasteiger partial charge in [0.15, 0.2) is 0 Å². The van der Waals surface area contributed by atoms with Crippen LogP contribution < -0.4 is 4.74 Å². The van der Waals surface area contributed by atoms with Crippen LogP contribution in [-0.2, 0) is 0 Å². The number of nitrogens with zero attached hydrogens (tertiary/aromatic N) is 2. The summed E-state index contributed by atoms with van der Waals surface area (Å²) in [6, 6.07) is 13.1. The van der Waals surface area contributed by atoms with E-state index in [1.165, 1.54) is 0 Å². The first-order valence-electron chi connectivity index (χ1n) is 4.90. The van der Waals surface area contributed by atoms with Gasteiger partial charge in [0.05, 0.1) is 0 Å². The van der Waals surface area contributed by atoms with Crippen molar-refractivity contribution >= 4 is 0 Å². The van der Waals surface area contributed by atoms with Crippen LogP contribution in [0.4, 0.5) is 0 Å². The average molecular weight is 210 g/mol. The Kier molecular flexibility index (Phi) is 2.84. The number of para-hydroxylation sites is 1. The predicted molar refractivity (Wildman–Crippen MR) is 60.2 cm³/mol. The molecule has 0 radical (unpaired) electrons. The van der Waals surface area contributed by atoms with E-state index in [9.17, 15) is 0 Å². The second kappa shape index (κ2) is 4.45. The number of benzene rings is 1. The number of nitriles is 1. The van der Waals surface area contributed by atoms with Gasteiger partial charge in [-0.05, 0) is 30.7 Å². The molecular weight excluding hydrogens is 200 g/mol. The van der Waals surface area contributed by atoms with Crippen molar-refractivity contribution in [1.29, 1.82) is 5.26 Å². The fraction of sp³-hybridized carbons (Fsp3) is 0.0769. The lowest BCUT2D eigenvalue weighted by atomic mass is 10.2. The SMILES string of the molecule is Cc1ccccc1Oc1ncccc1C#N. The van der Waals surface area contributed by atoms with E-state index >= 15 is 0 Å². The van der Waals surface area contributed by atoms with Crippen molar-refractivity contribution in [1.82, 2.24) is 4.98 Å². The molecule has 0 fully saturated rings. The van der Waals surface area contributed by atoms with Gasteiger partial charge in [-0.2, -0.15) is 5.26 Å². The van der Waals surface area contributed by atoms with E-state index in [0.717, 1.165) is 11.3 Å². The summed E-state index contributed by atoms with van der Waals surface area (Å²) in [6.45, 7) is 1.95. The Bertz CT molecular complexity index is 544. The van der Waals surface area contributed by atoms with Crippen molar-refractivity contribution < 1.29 is 4.74 Å². The molecule has 0 aliphatic heterocycles. The standard InChI is InChI=1S/C13H10N2O/c1-10-5-2-3-7-12(10)16-13-11(9-14)6-4-8-15-13/h2-8H,1H3. The number of aryl methyl sites for hydroxylation is 1. The monoisotopic (exact) mass is 210 g/mol. The van der Waals surface area contributed by atoms with Crippen LogP contribution in [0.25, 0.3) is 0 Å². The van der Waals surface area contributed by atoms with E-state index in [4.69, 9.17) is 10.00 Å². The van der Waals surface area contributed by atoms with Gasteiger partial charge in [0.25, 0.3) is 0 Å². The zero-order chi connectivity index (χ0) is 11.4. The van der Waals surface area contributed by atoms with E-state index in [0.29, 0.717) is 11.4 Å². The molecule has 0 spiro atoms. The highest BCUT2D eigenvalue weighted by molar-refractivity contribution is 5.42. The first-order chi connectivity index (χ1) is 7.81. The van der Waals surface area contributed by atoms with E-state index in [1.807, 2.05) is 37.3 Å². The van der Waals surface area contributed by atoms with Crippen molar-refractivity contribution in [3.8, 4) is 17.7 Å². The molecule has 78 valence electrons. The van der Waals surface area contributed by atoms with Crippen LogP contribution in [-0.4, -0.2) is 4.98 Å². The second-order valence-electron chi connectivity index (χ2n) is 3.34. The van der Waals surface area contributed by atoms with Gasteiger partial charge < -0.3 is 4.74 Å². The normalized spacial score (nSPS) is 9.50. The van der Waals surface area contributed by atoms with Crippen LogP contribution in [0.3, 0.4) is 0 Å². The molecule has 2 rings (SSSR count). The Morgan fingerprint density at radius 3 is 2.75 bits per heavy atom. The molecule has 3 nitrogen and oxygen atoms in total. The van der Waals surface area contributed by atoms with Gasteiger partial charge in [-0.15, -0.1) is 0 Å². The van der Waals surface area contributed by atoms with Crippen molar-refractivity contribution in [2.24, 2.45) is 0 Å². The van der Waals surface area contributed by atoms with Crippen molar-refractivity contribution in [3.63, 3.8) is 0 Å². The molecule has 0 atom stereocenters. The number of aromatic nitrogens is 1. The Morgan fingerprint density at radius 1 is 1.19 bits per heavy atom. The highest BCUT2D eigenvalue weighted by Crippen LogP contribution is 2.24. The molecule has 3 heteroatoms. The first kappa shape index (κ1) is 10.2. The number of rotatable bonds is 2. The topological polar surface area (TPSA) is 45.9 Å². The molecule has 0 bridgehead atoms. The lowest BCUT2D eigenvalue weighted by Crippen LogP contribution is -1.92. The zero-order valence-corrected chi connectivity index (χ0v) is 8.84. The number of hydrogen-bond donors (Lipinski definition) is 0. The molecule has 0 amide bonds. The summed E-state index contributed by atoms with van der Waals surface area (Å²) in [5.74, 6) is 1.07. The highest BCUT2D eigenvalue weighted by Gasteiger charge is 2.06. The molecular formula is C13H10N2O. The zero-order valence-electron chi connectivity index (χ0n) is 8.84. The third-order valence-corrected chi connectivity index (χ3v) is 2.19. The molecule has 1 aromatic carbocycles. The summed E-state index contributed by atoms with van der Waals surface area (Å²) in [4.78, 5) is 4.04. The first-order valence-corrected chi connectivity index (χ1v) is 4.90. The summed E-state index contributed by atoms with van der Waals surface area (Å²) in [5, 5.41) is 8.90. The van der Waals surface area contributed by atoms with Gasteiger partial charge in [0, 0.05) is 6.20 Å². The Balaban J connectivity index is 2.35. The molecule has 0 saturated heterocycles. The molecule has 0 aliphatic rings. The van der Waals surface area contributed by atoms with E-state index in [-0.39, 0.29) is 0 Å². The third kappa shape index (κ3) is 2.01. The second-order valence-corrected chi connectivity index (χ2v) is 3.34. The molecule has 2 aromatic rings. The highest BCUT2D eigenvalue weighted by atomic mass is 16.5. The van der Waals surface area contributed by atoms with Gasteiger partial charge in [-0.1, -0.05) is 18.2 Å². The van der Waals surface area contributed by atoms with Gasteiger partial charge >= 0.3 is 0 Å². The van der Waals surface area contributed by atoms with E-state index in [2.05, 4.69) is 4.98 Å². The minimum atomic E-state index is 0.347. The van der Waals surface area contributed by atoms with E-state index < -0.39 is 0 Å². The Hall–Kier alpha value is -2.34. The third-order valence-electron chi connectivity index (χ3n) is 2.19. The Morgan fingerprint density at radius 2 is 2.00 bits per heavy atom. The van der Waals surface area contributed by atoms with Crippen LogP contribution >= 0.6 is 0 Å². The number of hydrogen-bond acceptors (Lipinski definition) is 3. The lowest BCUT2D eigenvalue weighted by Gasteiger charge is -2.07. The minimum Gasteiger partial charge on any atom is -0.437 e. The van der Waals surface area contributed by atoms with E-state index in [1.54, 1.807) is 18.3 Å². The van der Waals surface area contributed by atoms with Crippen LogP contribution in [0.5, 0.6) is 11.6 Å².